The molecule has 2 aromatic rings. The molecule has 1 N–H and O–H groups in total. The number of amides is 1. The van der Waals surface area contributed by atoms with Crippen LogP contribution in [0.15, 0.2) is 30.3 Å². The molecule has 8 heteroatoms. The Balaban J connectivity index is 1.32. The summed E-state index contributed by atoms with van der Waals surface area (Å²) in [6.45, 7) is 5.97. The maximum absolute atomic E-state index is 15.0. The van der Waals surface area contributed by atoms with E-state index in [0.29, 0.717) is 33.5 Å². The lowest BCUT2D eigenvalue weighted by molar-refractivity contribution is 0.0243. The van der Waals surface area contributed by atoms with Gasteiger partial charge in [-0.1, -0.05) is 23.2 Å². The van der Waals surface area contributed by atoms with E-state index in [-0.39, 0.29) is 23.1 Å². The van der Waals surface area contributed by atoms with Crippen molar-refractivity contribution >= 4 is 41.1 Å². The maximum Gasteiger partial charge on any atom is 0.264 e. The van der Waals surface area contributed by atoms with Gasteiger partial charge in [0.05, 0.1) is 5.56 Å². The standard InChI is InChI=1S/C27H31Cl2FN2O2S/c1-27(2,17-10-18(28)12-19(29)11-17)32-9-3-4-20(15-32)34-25-14-24(30)23(13-22(25)16-5-6-16)26(33)31-35-21-7-8-21/h10-14,16,20-21H,3-9,15H2,1-2H3,(H,31,33). The monoisotopic (exact) mass is 536 g/mol. The van der Waals surface area contributed by atoms with Gasteiger partial charge in [0.25, 0.3) is 5.91 Å². The van der Waals surface area contributed by atoms with Gasteiger partial charge in [0.2, 0.25) is 0 Å². The van der Waals surface area contributed by atoms with Crippen LogP contribution in [-0.4, -0.2) is 35.3 Å². The molecule has 0 bridgehead atoms. The Kier molecular flexibility index (Phi) is 7.28. The molecule has 3 aliphatic rings. The molecule has 1 amide bonds. The second-order valence-corrected chi connectivity index (χ2v) is 12.4. The predicted molar refractivity (Wildman–Crippen MR) is 141 cm³/mol. The van der Waals surface area contributed by atoms with Gasteiger partial charge in [0.15, 0.2) is 0 Å². The topological polar surface area (TPSA) is 41.6 Å². The zero-order chi connectivity index (χ0) is 24.7. The van der Waals surface area contributed by atoms with Crippen molar-refractivity contribution < 1.29 is 13.9 Å². The quantitative estimate of drug-likeness (QED) is 0.358. The second-order valence-electron chi connectivity index (χ2n) is 10.4. The lowest BCUT2D eigenvalue weighted by atomic mass is 9.89. The van der Waals surface area contributed by atoms with Crippen molar-refractivity contribution in [1.82, 2.24) is 9.62 Å². The smallest absolute Gasteiger partial charge is 0.264 e. The minimum absolute atomic E-state index is 0.0697. The zero-order valence-corrected chi connectivity index (χ0v) is 22.4. The summed E-state index contributed by atoms with van der Waals surface area (Å²) in [6, 6.07) is 8.80. The normalized spacial score (nSPS) is 21.1. The van der Waals surface area contributed by atoms with E-state index >= 15 is 4.39 Å². The van der Waals surface area contributed by atoms with E-state index in [4.69, 9.17) is 27.9 Å². The van der Waals surface area contributed by atoms with E-state index in [1.54, 1.807) is 12.1 Å². The Hall–Kier alpha value is -1.47. The number of carbonyl (C=O) groups is 1. The van der Waals surface area contributed by atoms with Crippen molar-refractivity contribution in [2.45, 2.75) is 75.2 Å². The van der Waals surface area contributed by atoms with Crippen LogP contribution in [0.3, 0.4) is 0 Å². The molecule has 5 rings (SSSR count). The number of halogens is 3. The summed E-state index contributed by atoms with van der Waals surface area (Å²) in [7, 11) is 0. The molecule has 0 spiro atoms. The number of nitrogens with one attached hydrogen (secondary N) is 1. The van der Waals surface area contributed by atoms with Crippen LogP contribution in [0.5, 0.6) is 5.75 Å². The molecule has 188 valence electrons. The molecule has 1 aliphatic heterocycles. The molecule has 2 aliphatic carbocycles. The first kappa shape index (κ1) is 25.2. The molecule has 2 saturated carbocycles. The Labute approximate surface area is 221 Å². The van der Waals surface area contributed by atoms with Crippen LogP contribution >= 0.6 is 35.1 Å². The largest absolute Gasteiger partial charge is 0.489 e. The van der Waals surface area contributed by atoms with Gasteiger partial charge in [-0.25, -0.2) is 4.39 Å². The highest BCUT2D eigenvalue weighted by molar-refractivity contribution is 7.98. The van der Waals surface area contributed by atoms with Crippen LogP contribution in [0.4, 0.5) is 4.39 Å². The fourth-order valence-corrected chi connectivity index (χ4v) is 6.03. The Bertz CT molecular complexity index is 1100. The summed E-state index contributed by atoms with van der Waals surface area (Å²) < 4.78 is 24.3. The first-order chi connectivity index (χ1) is 16.7. The lowest BCUT2D eigenvalue weighted by Gasteiger charge is -2.44. The molecule has 1 saturated heterocycles. The van der Waals surface area contributed by atoms with Gasteiger partial charge in [-0.3, -0.25) is 14.4 Å². The van der Waals surface area contributed by atoms with Crippen LogP contribution in [0, 0.1) is 5.82 Å². The van der Waals surface area contributed by atoms with Crippen molar-refractivity contribution in [3.63, 3.8) is 0 Å². The van der Waals surface area contributed by atoms with Gasteiger partial charge in [-0.05, 0) is 112 Å². The summed E-state index contributed by atoms with van der Waals surface area (Å²) >= 11 is 14.0. The van der Waals surface area contributed by atoms with Gasteiger partial charge < -0.3 is 4.74 Å². The van der Waals surface area contributed by atoms with Gasteiger partial charge in [0, 0.05) is 33.4 Å². The highest BCUT2D eigenvalue weighted by atomic mass is 35.5. The number of rotatable bonds is 8. The number of benzene rings is 2. The van der Waals surface area contributed by atoms with Gasteiger partial charge in [0.1, 0.15) is 17.7 Å². The van der Waals surface area contributed by atoms with Crippen molar-refractivity contribution in [2.24, 2.45) is 0 Å². The van der Waals surface area contributed by atoms with Crippen LogP contribution in [0.25, 0.3) is 0 Å². The summed E-state index contributed by atoms with van der Waals surface area (Å²) in [5.74, 6) is 0.0170. The van der Waals surface area contributed by atoms with E-state index < -0.39 is 5.82 Å². The van der Waals surface area contributed by atoms with Crippen molar-refractivity contribution in [2.75, 3.05) is 13.1 Å². The summed E-state index contributed by atoms with van der Waals surface area (Å²) in [4.78, 5) is 15.0. The third-order valence-corrected chi connectivity index (χ3v) is 8.78. The predicted octanol–water partition coefficient (Wildman–Crippen LogP) is 7.33. The Morgan fingerprint density at radius 2 is 1.80 bits per heavy atom. The number of nitrogens with zero attached hydrogens (tertiary/aromatic N) is 1. The highest BCUT2D eigenvalue weighted by Gasteiger charge is 2.36. The first-order valence-electron chi connectivity index (χ1n) is 12.4. The van der Waals surface area contributed by atoms with Gasteiger partial charge in [-0.2, -0.15) is 0 Å². The maximum atomic E-state index is 15.0. The van der Waals surface area contributed by atoms with Crippen LogP contribution in [0.2, 0.25) is 10.0 Å². The molecular weight excluding hydrogens is 506 g/mol. The zero-order valence-electron chi connectivity index (χ0n) is 20.1. The fourth-order valence-electron chi connectivity index (χ4n) is 4.75. The third-order valence-electron chi connectivity index (χ3n) is 7.24. The van der Waals surface area contributed by atoms with Crippen LogP contribution < -0.4 is 9.46 Å². The van der Waals surface area contributed by atoms with E-state index in [9.17, 15) is 4.79 Å². The molecule has 0 aromatic heterocycles. The second kappa shape index (κ2) is 10.1. The molecule has 1 atom stereocenters. The van der Waals surface area contributed by atoms with E-state index in [0.717, 1.165) is 56.2 Å². The number of hydrogen-bond donors (Lipinski definition) is 1. The minimum Gasteiger partial charge on any atom is -0.489 e. The number of likely N-dealkylation sites (tertiary alicyclic amines) is 1. The first-order valence-corrected chi connectivity index (χ1v) is 14.0. The number of carbonyl (C=O) groups excluding carboxylic acids is 1. The van der Waals surface area contributed by atoms with Crippen LogP contribution in [0.1, 0.15) is 79.8 Å². The average Bonchev–Trinajstić information content (AvgIpc) is 3.72. The summed E-state index contributed by atoms with van der Waals surface area (Å²) in [5, 5.41) is 1.71. The lowest BCUT2D eigenvalue weighted by Crippen LogP contribution is -2.50. The number of piperidine rings is 1. The highest BCUT2D eigenvalue weighted by Crippen LogP contribution is 2.46. The van der Waals surface area contributed by atoms with Crippen LogP contribution in [-0.2, 0) is 5.54 Å². The number of hydrogen-bond acceptors (Lipinski definition) is 4. The molecule has 3 fully saturated rings. The average molecular weight is 538 g/mol. The third kappa shape index (κ3) is 5.93. The summed E-state index contributed by atoms with van der Waals surface area (Å²) in [6.07, 6.45) is 6.09. The van der Waals surface area contributed by atoms with Gasteiger partial charge >= 0.3 is 0 Å². The van der Waals surface area contributed by atoms with Crippen molar-refractivity contribution in [3.8, 4) is 5.75 Å². The van der Waals surface area contributed by atoms with Crippen molar-refractivity contribution in [3.05, 3.63) is 62.9 Å². The fraction of sp³-hybridized carbons (Fsp3) is 0.519. The molecule has 35 heavy (non-hydrogen) atoms. The SMILES string of the molecule is CC(C)(c1cc(Cl)cc(Cl)c1)N1CCCC(Oc2cc(F)c(C(=O)NSC3CC3)cc2C2CC2)C1. The number of ether oxygens (including phenoxy) is 1. The van der Waals surface area contributed by atoms with E-state index in [1.807, 2.05) is 12.1 Å². The molecule has 1 heterocycles. The molecule has 1 unspecified atom stereocenters. The minimum atomic E-state index is -0.528. The molecular formula is C27H31Cl2FN2O2S. The molecule has 2 aromatic carbocycles. The Morgan fingerprint density at radius 1 is 1.09 bits per heavy atom. The Morgan fingerprint density at radius 3 is 2.46 bits per heavy atom. The molecule has 0 radical (unpaired) electrons. The van der Waals surface area contributed by atoms with E-state index in [2.05, 4.69) is 23.5 Å². The molecule has 4 nitrogen and oxygen atoms in total. The van der Waals surface area contributed by atoms with E-state index in [1.165, 1.54) is 18.0 Å². The van der Waals surface area contributed by atoms with Crippen molar-refractivity contribution in [1.29, 1.82) is 0 Å². The summed E-state index contributed by atoms with van der Waals surface area (Å²) in [5.41, 5.74) is 1.82. The van der Waals surface area contributed by atoms with Gasteiger partial charge in [-0.15, -0.1) is 0 Å².